The zero-order chi connectivity index (χ0) is 18.6. The van der Waals surface area contributed by atoms with Crippen LogP contribution in [0.4, 0.5) is 11.4 Å². The van der Waals surface area contributed by atoms with Crippen LogP contribution in [-0.4, -0.2) is 7.11 Å². The summed E-state index contributed by atoms with van der Waals surface area (Å²) in [5.41, 5.74) is 3.43. The summed E-state index contributed by atoms with van der Waals surface area (Å²) < 4.78 is 11.2. The fraction of sp³-hybridized carbons (Fsp3) is 0.0435. The lowest BCUT2D eigenvalue weighted by atomic mass is 10.2. The van der Waals surface area contributed by atoms with Crippen molar-refractivity contribution < 1.29 is 9.15 Å². The van der Waals surface area contributed by atoms with Gasteiger partial charge in [-0.05, 0) is 66.6 Å². The predicted octanol–water partition coefficient (Wildman–Crippen LogP) is 6.24. The summed E-state index contributed by atoms with van der Waals surface area (Å²) in [7, 11) is 1.64. The first-order valence-electron chi connectivity index (χ1n) is 8.43. The molecule has 0 spiro atoms. The Kier molecular flexibility index (Phi) is 4.74. The molecular weight excluding hydrogens is 358 g/mol. The predicted molar refractivity (Wildman–Crippen MR) is 110 cm³/mol. The fourth-order valence-electron chi connectivity index (χ4n) is 2.74. The van der Waals surface area contributed by atoms with Gasteiger partial charge in [0.15, 0.2) is 0 Å². The molecule has 3 aromatic carbocycles. The van der Waals surface area contributed by atoms with E-state index in [0.29, 0.717) is 10.8 Å². The van der Waals surface area contributed by atoms with Gasteiger partial charge < -0.3 is 14.5 Å². The van der Waals surface area contributed by atoms with Gasteiger partial charge in [0.1, 0.15) is 17.0 Å². The number of nitrogens with one attached hydrogen (secondary N) is 1. The first-order valence-corrected chi connectivity index (χ1v) is 8.81. The first-order chi connectivity index (χ1) is 13.2. The molecule has 0 radical (unpaired) electrons. The third-order valence-electron chi connectivity index (χ3n) is 4.12. The summed E-state index contributed by atoms with van der Waals surface area (Å²) in [5, 5.41) is 5.07. The Morgan fingerprint density at radius 3 is 2.37 bits per heavy atom. The van der Waals surface area contributed by atoms with Gasteiger partial charge in [-0.1, -0.05) is 29.7 Å². The number of methoxy groups -OCH3 is 1. The number of rotatable bonds is 3. The maximum absolute atomic E-state index is 5.98. The van der Waals surface area contributed by atoms with Crippen molar-refractivity contribution in [1.82, 2.24) is 0 Å². The van der Waals surface area contributed by atoms with Crippen LogP contribution in [-0.2, 0) is 0 Å². The molecule has 4 aromatic rings. The minimum Gasteiger partial charge on any atom is -0.497 e. The molecule has 0 unspecified atom stereocenters. The molecule has 1 N–H and O–H groups in total. The van der Waals surface area contributed by atoms with Crippen LogP contribution < -0.4 is 10.1 Å². The van der Waals surface area contributed by atoms with E-state index in [9.17, 15) is 0 Å². The molecular formula is C23H16ClNO2. The molecule has 1 heterocycles. The molecule has 0 aliphatic heterocycles. The molecule has 0 saturated heterocycles. The van der Waals surface area contributed by atoms with E-state index in [1.807, 2.05) is 72.8 Å². The molecule has 3 nitrogen and oxygen atoms in total. The zero-order valence-corrected chi connectivity index (χ0v) is 15.4. The molecule has 1 aromatic heterocycles. The van der Waals surface area contributed by atoms with Crippen LogP contribution in [0.5, 0.6) is 5.75 Å². The number of hydrogen-bond donors (Lipinski definition) is 1. The first kappa shape index (κ1) is 17.1. The van der Waals surface area contributed by atoms with Crippen molar-refractivity contribution in [2.45, 2.75) is 0 Å². The van der Waals surface area contributed by atoms with Crippen LogP contribution in [0.15, 0.2) is 77.2 Å². The Hall–Kier alpha value is -3.35. The largest absolute Gasteiger partial charge is 0.497 e. The molecule has 0 fully saturated rings. The minimum atomic E-state index is 0.585. The Labute approximate surface area is 162 Å². The second kappa shape index (κ2) is 7.49. The minimum absolute atomic E-state index is 0.585. The van der Waals surface area contributed by atoms with Crippen LogP contribution in [0.1, 0.15) is 11.3 Å². The average molecular weight is 374 g/mol. The highest BCUT2D eigenvalue weighted by Crippen LogP contribution is 2.33. The van der Waals surface area contributed by atoms with Crippen molar-refractivity contribution >= 4 is 33.9 Å². The van der Waals surface area contributed by atoms with E-state index in [1.54, 1.807) is 7.11 Å². The number of hydrogen-bond acceptors (Lipinski definition) is 3. The molecule has 0 atom stereocenters. The molecule has 0 bridgehead atoms. The Morgan fingerprint density at radius 2 is 1.63 bits per heavy atom. The number of ether oxygens (including phenoxy) is 1. The second-order valence-electron chi connectivity index (χ2n) is 5.91. The molecule has 27 heavy (non-hydrogen) atoms. The highest BCUT2D eigenvalue weighted by molar-refractivity contribution is 6.30. The molecule has 0 saturated carbocycles. The average Bonchev–Trinajstić information content (AvgIpc) is 3.06. The molecule has 4 rings (SSSR count). The van der Waals surface area contributed by atoms with Crippen molar-refractivity contribution in [2.75, 3.05) is 12.4 Å². The maximum atomic E-state index is 5.98. The number of halogens is 1. The number of furan rings is 1. The van der Waals surface area contributed by atoms with Gasteiger partial charge in [0, 0.05) is 21.7 Å². The van der Waals surface area contributed by atoms with Gasteiger partial charge >= 0.3 is 0 Å². The van der Waals surface area contributed by atoms with Gasteiger partial charge in [-0.2, -0.15) is 0 Å². The van der Waals surface area contributed by atoms with E-state index in [2.05, 4.69) is 17.2 Å². The van der Waals surface area contributed by atoms with Gasteiger partial charge in [-0.3, -0.25) is 0 Å². The monoisotopic (exact) mass is 373 g/mol. The summed E-state index contributed by atoms with van der Waals surface area (Å²) in [6.45, 7) is 0. The molecule has 0 amide bonds. The maximum Gasteiger partial charge on any atom is 0.202 e. The van der Waals surface area contributed by atoms with Gasteiger partial charge in [-0.25, -0.2) is 0 Å². The molecule has 4 heteroatoms. The summed E-state index contributed by atoms with van der Waals surface area (Å²) in [4.78, 5) is 0. The van der Waals surface area contributed by atoms with E-state index in [1.165, 1.54) is 0 Å². The van der Waals surface area contributed by atoms with Crippen molar-refractivity contribution in [3.05, 3.63) is 89.1 Å². The lowest BCUT2D eigenvalue weighted by Gasteiger charge is -2.05. The van der Waals surface area contributed by atoms with Gasteiger partial charge in [-0.15, -0.1) is 0 Å². The van der Waals surface area contributed by atoms with Crippen LogP contribution in [0, 0.1) is 11.8 Å². The van der Waals surface area contributed by atoms with Gasteiger partial charge in [0.25, 0.3) is 0 Å². The quantitative estimate of drug-likeness (QED) is 0.432. The van der Waals surface area contributed by atoms with Crippen LogP contribution in [0.25, 0.3) is 11.0 Å². The fourth-order valence-corrected chi connectivity index (χ4v) is 2.86. The molecule has 132 valence electrons. The summed E-state index contributed by atoms with van der Waals surface area (Å²) in [6.07, 6.45) is 0. The molecule has 0 aliphatic rings. The van der Waals surface area contributed by atoms with Crippen LogP contribution >= 0.6 is 11.6 Å². The van der Waals surface area contributed by atoms with Crippen molar-refractivity contribution in [3.8, 4) is 17.6 Å². The van der Waals surface area contributed by atoms with Crippen molar-refractivity contribution in [2.24, 2.45) is 0 Å². The van der Waals surface area contributed by atoms with Crippen LogP contribution in [0.2, 0.25) is 5.02 Å². The topological polar surface area (TPSA) is 34.4 Å². The highest BCUT2D eigenvalue weighted by Gasteiger charge is 2.12. The van der Waals surface area contributed by atoms with E-state index in [4.69, 9.17) is 20.8 Å². The zero-order valence-electron chi connectivity index (χ0n) is 14.6. The summed E-state index contributed by atoms with van der Waals surface area (Å²) in [6, 6.07) is 23.0. The van der Waals surface area contributed by atoms with Crippen molar-refractivity contribution in [3.63, 3.8) is 0 Å². The number of benzene rings is 3. The third-order valence-corrected chi connectivity index (χ3v) is 4.37. The van der Waals surface area contributed by atoms with Gasteiger partial charge in [0.05, 0.1) is 7.11 Å². The lowest BCUT2D eigenvalue weighted by Crippen LogP contribution is -1.91. The van der Waals surface area contributed by atoms with Crippen molar-refractivity contribution in [1.29, 1.82) is 0 Å². The lowest BCUT2D eigenvalue weighted by molar-refractivity contribution is 0.415. The highest BCUT2D eigenvalue weighted by atomic mass is 35.5. The number of para-hydroxylation sites is 1. The Balaban J connectivity index is 1.73. The molecule has 0 aliphatic carbocycles. The third kappa shape index (κ3) is 3.76. The number of anilines is 2. The van der Waals surface area contributed by atoms with E-state index in [0.717, 1.165) is 33.7 Å². The summed E-state index contributed by atoms with van der Waals surface area (Å²) in [5.74, 6) is 7.68. The summed E-state index contributed by atoms with van der Waals surface area (Å²) >= 11 is 5.98. The Morgan fingerprint density at radius 1 is 0.889 bits per heavy atom. The van der Waals surface area contributed by atoms with E-state index >= 15 is 0 Å². The Bertz CT molecular complexity index is 1130. The smallest absolute Gasteiger partial charge is 0.202 e. The SMILES string of the molecule is COc1ccc(C#Cc2oc3ccccc3c2Nc2ccc(Cl)cc2)cc1. The second-order valence-corrected chi connectivity index (χ2v) is 6.35. The standard InChI is InChI=1S/C23H16ClNO2/c1-26-19-13-6-16(7-14-19)8-15-22-23(20-4-2-3-5-21(20)27-22)25-18-11-9-17(24)10-12-18/h2-7,9-14,25H,1H3. The van der Waals surface area contributed by atoms with E-state index < -0.39 is 0 Å². The van der Waals surface area contributed by atoms with Crippen LogP contribution in [0.3, 0.4) is 0 Å². The number of fused-ring (bicyclic) bond motifs is 1. The normalized spacial score (nSPS) is 10.3. The van der Waals surface area contributed by atoms with Gasteiger partial charge in [0.2, 0.25) is 5.76 Å². The van der Waals surface area contributed by atoms with E-state index in [-0.39, 0.29) is 0 Å².